The molecule has 8 nitrogen and oxygen atoms in total. The number of nitrogens with zero attached hydrogens (tertiary/aromatic N) is 3. The van der Waals surface area contributed by atoms with Gasteiger partial charge in [-0.2, -0.15) is 0 Å². The van der Waals surface area contributed by atoms with Gasteiger partial charge in [-0.1, -0.05) is 30.3 Å². The van der Waals surface area contributed by atoms with E-state index in [1.54, 1.807) is 18.3 Å². The molecule has 1 saturated heterocycles. The van der Waals surface area contributed by atoms with Gasteiger partial charge < -0.3 is 24.4 Å². The number of likely N-dealkylation sites (tertiary alicyclic amines) is 1. The molecule has 8 heteroatoms. The smallest absolute Gasteiger partial charge is 0.410 e. The molecular weight excluding hydrogens is 444 g/mol. The van der Waals surface area contributed by atoms with Gasteiger partial charge in [-0.15, -0.1) is 0 Å². The number of fused-ring (bicyclic) bond motifs is 1. The molecule has 35 heavy (non-hydrogen) atoms. The molecule has 1 aromatic heterocycles. The predicted molar refractivity (Wildman–Crippen MR) is 136 cm³/mol. The van der Waals surface area contributed by atoms with E-state index >= 15 is 0 Å². The summed E-state index contributed by atoms with van der Waals surface area (Å²) >= 11 is 0. The van der Waals surface area contributed by atoms with Crippen LogP contribution in [0, 0.1) is 0 Å². The van der Waals surface area contributed by atoms with Gasteiger partial charge in [0.25, 0.3) is 0 Å². The van der Waals surface area contributed by atoms with Gasteiger partial charge in [-0.25, -0.2) is 14.8 Å². The SMILES string of the molecule is COc1cc2ncnc(NC(C)c3ccccc3)c2cc1OC1CCN(C(=O)OC(C)(C)C)CC1. The third kappa shape index (κ3) is 6.12. The lowest BCUT2D eigenvalue weighted by Gasteiger charge is -2.33. The van der Waals surface area contributed by atoms with E-state index in [2.05, 4.69) is 34.3 Å². The molecule has 1 unspecified atom stereocenters. The first kappa shape index (κ1) is 24.6. The Morgan fingerprint density at radius 3 is 2.46 bits per heavy atom. The van der Waals surface area contributed by atoms with Crippen LogP contribution in [0.15, 0.2) is 48.8 Å². The van der Waals surface area contributed by atoms with Gasteiger partial charge >= 0.3 is 6.09 Å². The lowest BCUT2D eigenvalue weighted by molar-refractivity contribution is 0.0124. The number of hydrogen-bond donors (Lipinski definition) is 1. The third-order valence-electron chi connectivity index (χ3n) is 5.96. The second-order valence-corrected chi connectivity index (χ2v) is 9.80. The van der Waals surface area contributed by atoms with Crippen molar-refractivity contribution in [3.8, 4) is 11.5 Å². The Balaban J connectivity index is 1.50. The molecule has 0 aliphatic carbocycles. The van der Waals surface area contributed by atoms with Crippen molar-refractivity contribution in [1.82, 2.24) is 14.9 Å². The standard InChI is InChI=1S/C27H34N4O4/c1-18(19-9-7-6-8-10-19)30-25-21-15-24(23(33-5)16-22(21)28-17-29-25)34-20-11-13-31(14-12-20)26(32)35-27(2,3)4/h6-10,15-18,20H,11-14H2,1-5H3,(H,28,29,30). The van der Waals surface area contributed by atoms with Crippen LogP contribution in [0.2, 0.25) is 0 Å². The van der Waals surface area contributed by atoms with Gasteiger partial charge in [0.05, 0.1) is 12.6 Å². The van der Waals surface area contributed by atoms with E-state index in [1.165, 1.54) is 5.56 Å². The Bertz CT molecular complexity index is 1160. The number of aromatic nitrogens is 2. The van der Waals surface area contributed by atoms with Crippen molar-refractivity contribution >= 4 is 22.8 Å². The molecule has 3 aromatic rings. The van der Waals surface area contributed by atoms with Gasteiger partial charge in [0.15, 0.2) is 11.5 Å². The van der Waals surface area contributed by atoms with E-state index < -0.39 is 5.60 Å². The van der Waals surface area contributed by atoms with Gasteiger partial charge in [0, 0.05) is 43.4 Å². The molecule has 186 valence electrons. The van der Waals surface area contributed by atoms with Crippen molar-refractivity contribution in [3.63, 3.8) is 0 Å². The Morgan fingerprint density at radius 1 is 1.09 bits per heavy atom. The molecule has 0 radical (unpaired) electrons. The minimum atomic E-state index is -0.505. The Labute approximate surface area is 206 Å². The van der Waals surface area contributed by atoms with Crippen molar-refractivity contribution in [3.05, 3.63) is 54.4 Å². The summed E-state index contributed by atoms with van der Waals surface area (Å²) in [5, 5.41) is 4.36. The summed E-state index contributed by atoms with van der Waals surface area (Å²) in [7, 11) is 1.62. The van der Waals surface area contributed by atoms with Crippen LogP contribution in [0.25, 0.3) is 10.9 Å². The van der Waals surface area contributed by atoms with Gasteiger partial charge in [0.1, 0.15) is 23.9 Å². The summed E-state index contributed by atoms with van der Waals surface area (Å²) in [5.41, 5.74) is 1.43. The molecule has 1 amide bonds. The van der Waals surface area contributed by atoms with Crippen molar-refractivity contribution in [1.29, 1.82) is 0 Å². The molecule has 4 rings (SSSR count). The van der Waals surface area contributed by atoms with E-state index in [1.807, 2.05) is 51.1 Å². The molecule has 0 saturated carbocycles. The molecule has 0 bridgehead atoms. The number of amides is 1. The van der Waals surface area contributed by atoms with Gasteiger partial charge in [-0.05, 0) is 39.3 Å². The Hall–Kier alpha value is -3.55. The topological polar surface area (TPSA) is 85.8 Å². The Kier molecular flexibility index (Phi) is 7.28. The maximum absolute atomic E-state index is 12.4. The number of rotatable bonds is 6. The number of anilines is 1. The van der Waals surface area contributed by atoms with Crippen LogP contribution in [-0.2, 0) is 4.74 Å². The van der Waals surface area contributed by atoms with Crippen LogP contribution in [-0.4, -0.2) is 52.9 Å². The second-order valence-electron chi connectivity index (χ2n) is 9.80. The highest BCUT2D eigenvalue weighted by molar-refractivity contribution is 5.91. The largest absolute Gasteiger partial charge is 0.493 e. The number of nitrogens with one attached hydrogen (secondary N) is 1. The molecule has 0 spiro atoms. The second kappa shape index (κ2) is 10.4. The maximum atomic E-state index is 12.4. The molecule has 1 fully saturated rings. The molecule has 2 aromatic carbocycles. The molecule has 1 N–H and O–H groups in total. The number of piperidine rings is 1. The molecule has 2 heterocycles. The quantitative estimate of drug-likeness (QED) is 0.494. The first-order valence-corrected chi connectivity index (χ1v) is 12.0. The molecule has 1 atom stereocenters. The first-order chi connectivity index (χ1) is 16.7. The fraction of sp³-hybridized carbons (Fsp3) is 0.444. The van der Waals surface area contributed by atoms with Crippen molar-refractivity contribution < 1.29 is 19.0 Å². The number of methoxy groups -OCH3 is 1. The zero-order chi connectivity index (χ0) is 25.0. The Morgan fingerprint density at radius 2 is 1.80 bits per heavy atom. The highest BCUT2D eigenvalue weighted by Gasteiger charge is 2.28. The fourth-order valence-corrected chi connectivity index (χ4v) is 4.12. The molecule has 1 aliphatic heterocycles. The number of carbonyl (C=O) groups is 1. The molecule has 1 aliphatic rings. The number of carbonyl (C=O) groups excluding carboxylic acids is 1. The third-order valence-corrected chi connectivity index (χ3v) is 5.96. The van der Waals surface area contributed by atoms with Crippen LogP contribution in [0.4, 0.5) is 10.6 Å². The van der Waals surface area contributed by atoms with Gasteiger partial charge in [0.2, 0.25) is 0 Å². The number of ether oxygens (including phenoxy) is 3. The zero-order valence-electron chi connectivity index (χ0n) is 21.1. The normalized spacial score (nSPS) is 15.5. The van der Waals surface area contributed by atoms with E-state index in [-0.39, 0.29) is 18.2 Å². The predicted octanol–water partition coefficient (Wildman–Crippen LogP) is 5.59. The van der Waals surface area contributed by atoms with E-state index in [0.717, 1.165) is 16.7 Å². The van der Waals surface area contributed by atoms with E-state index in [0.29, 0.717) is 37.4 Å². The van der Waals surface area contributed by atoms with E-state index in [9.17, 15) is 4.79 Å². The summed E-state index contributed by atoms with van der Waals surface area (Å²) in [4.78, 5) is 23.0. The van der Waals surface area contributed by atoms with Crippen LogP contribution in [0.3, 0.4) is 0 Å². The minimum Gasteiger partial charge on any atom is -0.493 e. The lowest BCUT2D eigenvalue weighted by atomic mass is 10.1. The average molecular weight is 479 g/mol. The number of hydrogen-bond acceptors (Lipinski definition) is 7. The monoisotopic (exact) mass is 478 g/mol. The van der Waals surface area contributed by atoms with Crippen LogP contribution >= 0.6 is 0 Å². The molecular formula is C27H34N4O4. The van der Waals surface area contributed by atoms with Crippen molar-refractivity contribution in [2.75, 3.05) is 25.5 Å². The van der Waals surface area contributed by atoms with Crippen LogP contribution in [0.5, 0.6) is 11.5 Å². The lowest BCUT2D eigenvalue weighted by Crippen LogP contribution is -2.44. The summed E-state index contributed by atoms with van der Waals surface area (Å²) in [6.07, 6.45) is 2.65. The van der Waals surface area contributed by atoms with Crippen LogP contribution < -0.4 is 14.8 Å². The fourth-order valence-electron chi connectivity index (χ4n) is 4.12. The summed E-state index contributed by atoms with van der Waals surface area (Å²) in [6.45, 7) is 8.89. The maximum Gasteiger partial charge on any atom is 0.410 e. The summed E-state index contributed by atoms with van der Waals surface area (Å²) in [6, 6.07) is 14.1. The minimum absolute atomic E-state index is 0.0377. The van der Waals surface area contributed by atoms with Crippen LogP contribution in [0.1, 0.15) is 52.1 Å². The summed E-state index contributed by atoms with van der Waals surface area (Å²) < 4.78 is 17.5. The van der Waals surface area contributed by atoms with Gasteiger partial charge in [-0.3, -0.25) is 0 Å². The number of benzene rings is 2. The summed E-state index contributed by atoms with van der Waals surface area (Å²) in [5.74, 6) is 1.99. The van der Waals surface area contributed by atoms with E-state index in [4.69, 9.17) is 14.2 Å². The highest BCUT2D eigenvalue weighted by Crippen LogP contribution is 2.36. The average Bonchev–Trinajstić information content (AvgIpc) is 2.84. The first-order valence-electron chi connectivity index (χ1n) is 12.0. The van der Waals surface area contributed by atoms with Crippen molar-refractivity contribution in [2.45, 2.75) is 58.3 Å². The highest BCUT2D eigenvalue weighted by atomic mass is 16.6. The van der Waals surface area contributed by atoms with Crippen molar-refractivity contribution in [2.24, 2.45) is 0 Å². The zero-order valence-corrected chi connectivity index (χ0v) is 21.1.